The van der Waals surface area contributed by atoms with E-state index < -0.39 is 11.9 Å². The summed E-state index contributed by atoms with van der Waals surface area (Å²) in [6, 6.07) is 9.16. The van der Waals surface area contributed by atoms with Crippen LogP contribution in [-0.4, -0.2) is 37.0 Å². The van der Waals surface area contributed by atoms with Gasteiger partial charge in [-0.25, -0.2) is 4.68 Å². The molecule has 0 aliphatic carbocycles. The van der Waals surface area contributed by atoms with Gasteiger partial charge in [-0.05, 0) is 16.0 Å². The predicted octanol–water partition coefficient (Wildman–Crippen LogP) is 1.17. The van der Waals surface area contributed by atoms with Gasteiger partial charge < -0.3 is 5.11 Å². The Morgan fingerprint density at radius 1 is 1.44 bits per heavy atom. The van der Waals surface area contributed by atoms with E-state index in [1.54, 1.807) is 7.05 Å². The molecule has 7 heteroatoms. The number of tetrazole rings is 1. The van der Waals surface area contributed by atoms with Crippen molar-refractivity contribution in [1.29, 1.82) is 0 Å². The minimum atomic E-state index is -0.844. The number of aryl methyl sites for hydroxylation is 1. The number of thioether (sulfide) groups is 1. The SMILES string of the molecule is Cn1nnnc1SCC(C(=O)O)c1ccccc1. The van der Waals surface area contributed by atoms with Crippen molar-refractivity contribution in [2.24, 2.45) is 7.05 Å². The lowest BCUT2D eigenvalue weighted by atomic mass is 10.0. The molecule has 0 aliphatic heterocycles. The smallest absolute Gasteiger partial charge is 0.311 e. The van der Waals surface area contributed by atoms with Crippen molar-refractivity contribution >= 4 is 17.7 Å². The van der Waals surface area contributed by atoms with E-state index in [-0.39, 0.29) is 0 Å². The number of benzene rings is 1. The van der Waals surface area contributed by atoms with Gasteiger partial charge in [0.05, 0.1) is 5.92 Å². The Morgan fingerprint density at radius 3 is 2.72 bits per heavy atom. The van der Waals surface area contributed by atoms with Crippen molar-refractivity contribution in [2.45, 2.75) is 11.1 Å². The van der Waals surface area contributed by atoms with E-state index in [0.717, 1.165) is 5.56 Å². The Labute approximate surface area is 108 Å². The second-order valence-corrected chi connectivity index (χ2v) is 4.68. The summed E-state index contributed by atoms with van der Waals surface area (Å²) in [5.74, 6) is -1.01. The second-order valence-electron chi connectivity index (χ2n) is 3.70. The minimum absolute atomic E-state index is 0.396. The molecule has 1 unspecified atom stereocenters. The van der Waals surface area contributed by atoms with Gasteiger partial charge in [0, 0.05) is 12.8 Å². The number of hydrogen-bond donors (Lipinski definition) is 1. The summed E-state index contributed by atoms with van der Waals surface area (Å²) in [5.41, 5.74) is 0.785. The van der Waals surface area contributed by atoms with Crippen LogP contribution in [0.15, 0.2) is 35.5 Å². The van der Waals surface area contributed by atoms with Crippen molar-refractivity contribution in [3.63, 3.8) is 0 Å². The Kier molecular flexibility index (Phi) is 3.93. The van der Waals surface area contributed by atoms with Crippen LogP contribution in [0, 0.1) is 0 Å². The molecule has 0 saturated carbocycles. The molecule has 2 rings (SSSR count). The zero-order chi connectivity index (χ0) is 13.0. The molecular weight excluding hydrogens is 252 g/mol. The molecule has 1 heterocycles. The molecule has 6 nitrogen and oxygen atoms in total. The number of nitrogens with zero attached hydrogens (tertiary/aromatic N) is 4. The molecule has 94 valence electrons. The molecule has 18 heavy (non-hydrogen) atoms. The van der Waals surface area contributed by atoms with Gasteiger partial charge >= 0.3 is 5.97 Å². The number of hydrogen-bond acceptors (Lipinski definition) is 5. The molecule has 1 atom stereocenters. The lowest BCUT2D eigenvalue weighted by molar-refractivity contribution is -0.138. The first-order valence-electron chi connectivity index (χ1n) is 5.31. The summed E-state index contributed by atoms with van der Waals surface area (Å²) >= 11 is 1.33. The van der Waals surface area contributed by atoms with E-state index in [9.17, 15) is 9.90 Å². The third-order valence-corrected chi connectivity index (χ3v) is 3.56. The average Bonchev–Trinajstić information content (AvgIpc) is 2.76. The van der Waals surface area contributed by atoms with Crippen molar-refractivity contribution in [3.05, 3.63) is 35.9 Å². The van der Waals surface area contributed by atoms with E-state index >= 15 is 0 Å². The summed E-state index contributed by atoms with van der Waals surface area (Å²) in [6.45, 7) is 0. The van der Waals surface area contributed by atoms with Gasteiger partial charge in [0.25, 0.3) is 0 Å². The first kappa shape index (κ1) is 12.6. The highest BCUT2D eigenvalue weighted by Gasteiger charge is 2.20. The second kappa shape index (κ2) is 5.63. The molecule has 0 saturated heterocycles. The summed E-state index contributed by atoms with van der Waals surface area (Å²) in [7, 11) is 1.72. The van der Waals surface area contributed by atoms with E-state index in [0.29, 0.717) is 10.9 Å². The topological polar surface area (TPSA) is 80.9 Å². The van der Waals surface area contributed by atoms with Gasteiger partial charge in [0.15, 0.2) is 0 Å². The predicted molar refractivity (Wildman–Crippen MR) is 66.3 cm³/mol. The Balaban J connectivity index is 2.09. The molecule has 1 aromatic heterocycles. The van der Waals surface area contributed by atoms with E-state index in [4.69, 9.17) is 0 Å². The third kappa shape index (κ3) is 2.86. The average molecular weight is 264 g/mol. The first-order valence-corrected chi connectivity index (χ1v) is 6.30. The van der Waals surface area contributed by atoms with Crippen molar-refractivity contribution in [3.8, 4) is 0 Å². The quantitative estimate of drug-likeness (QED) is 0.816. The maximum Gasteiger partial charge on any atom is 0.311 e. The van der Waals surface area contributed by atoms with Gasteiger partial charge in [-0.15, -0.1) is 5.10 Å². The fourth-order valence-electron chi connectivity index (χ4n) is 1.50. The van der Waals surface area contributed by atoms with Gasteiger partial charge in [0.2, 0.25) is 5.16 Å². The van der Waals surface area contributed by atoms with Crippen LogP contribution in [0.1, 0.15) is 11.5 Å². The Morgan fingerprint density at radius 2 is 2.17 bits per heavy atom. The Bertz CT molecular complexity index is 529. The van der Waals surface area contributed by atoms with Crippen LogP contribution >= 0.6 is 11.8 Å². The number of carboxylic acids is 1. The lowest BCUT2D eigenvalue weighted by Crippen LogP contribution is -2.14. The maximum absolute atomic E-state index is 11.3. The lowest BCUT2D eigenvalue weighted by Gasteiger charge is -2.11. The van der Waals surface area contributed by atoms with Gasteiger partial charge in [-0.3, -0.25) is 4.79 Å². The number of rotatable bonds is 5. The molecule has 0 aliphatic rings. The molecule has 0 radical (unpaired) electrons. The third-order valence-electron chi connectivity index (χ3n) is 2.46. The minimum Gasteiger partial charge on any atom is -0.481 e. The molecule has 1 N–H and O–H groups in total. The van der Waals surface area contributed by atoms with Crippen LogP contribution in [0.25, 0.3) is 0 Å². The molecular formula is C11H12N4O2S. The van der Waals surface area contributed by atoms with Crippen LogP contribution in [0.2, 0.25) is 0 Å². The highest BCUT2D eigenvalue weighted by Crippen LogP contribution is 2.24. The fourth-order valence-corrected chi connectivity index (χ4v) is 2.47. The normalized spacial score (nSPS) is 12.3. The number of carboxylic acid groups (broad SMARTS) is 1. The van der Waals surface area contributed by atoms with Crippen molar-refractivity contribution in [2.75, 3.05) is 5.75 Å². The molecule has 0 spiro atoms. The van der Waals surface area contributed by atoms with Gasteiger partial charge in [-0.2, -0.15) is 0 Å². The summed E-state index contributed by atoms with van der Waals surface area (Å²) in [4.78, 5) is 11.3. The molecule has 1 aromatic carbocycles. The van der Waals surface area contributed by atoms with Crippen LogP contribution < -0.4 is 0 Å². The summed E-state index contributed by atoms with van der Waals surface area (Å²) in [6.07, 6.45) is 0. The van der Waals surface area contributed by atoms with Crippen LogP contribution in [0.3, 0.4) is 0 Å². The van der Waals surface area contributed by atoms with Crippen LogP contribution in [-0.2, 0) is 11.8 Å². The first-order chi connectivity index (χ1) is 8.68. The molecule has 2 aromatic rings. The zero-order valence-electron chi connectivity index (χ0n) is 9.72. The molecule has 0 fully saturated rings. The number of aromatic nitrogens is 4. The number of aliphatic carboxylic acids is 1. The van der Waals surface area contributed by atoms with Crippen LogP contribution in [0.5, 0.6) is 0 Å². The summed E-state index contributed by atoms with van der Waals surface area (Å²) in [5, 5.41) is 20.9. The maximum atomic E-state index is 11.3. The largest absolute Gasteiger partial charge is 0.481 e. The van der Waals surface area contributed by atoms with Crippen molar-refractivity contribution < 1.29 is 9.90 Å². The standard InChI is InChI=1S/C11H12N4O2S/c1-15-11(12-13-14-15)18-7-9(10(16)17)8-5-3-2-4-6-8/h2-6,9H,7H2,1H3,(H,16,17). The van der Waals surface area contributed by atoms with Gasteiger partial charge in [-0.1, -0.05) is 42.1 Å². The fraction of sp³-hybridized carbons (Fsp3) is 0.273. The van der Waals surface area contributed by atoms with Crippen molar-refractivity contribution in [1.82, 2.24) is 20.2 Å². The van der Waals surface area contributed by atoms with Gasteiger partial charge in [0.1, 0.15) is 0 Å². The molecule has 0 amide bonds. The monoisotopic (exact) mass is 264 g/mol. The van der Waals surface area contributed by atoms with Crippen LogP contribution in [0.4, 0.5) is 0 Å². The number of carbonyl (C=O) groups is 1. The summed E-state index contributed by atoms with van der Waals surface area (Å²) < 4.78 is 1.52. The zero-order valence-corrected chi connectivity index (χ0v) is 10.5. The molecule has 0 bridgehead atoms. The van der Waals surface area contributed by atoms with E-state index in [1.807, 2.05) is 30.3 Å². The van der Waals surface area contributed by atoms with E-state index in [1.165, 1.54) is 16.4 Å². The highest BCUT2D eigenvalue weighted by molar-refractivity contribution is 7.99. The Hall–Kier alpha value is -1.89. The van der Waals surface area contributed by atoms with E-state index in [2.05, 4.69) is 15.5 Å². The highest BCUT2D eigenvalue weighted by atomic mass is 32.2.